The quantitative estimate of drug-likeness (QED) is 0.485. The molecule has 0 saturated carbocycles. The highest BCUT2D eigenvalue weighted by Crippen LogP contribution is 2.28. The lowest BCUT2D eigenvalue weighted by atomic mass is 9.99. The second-order valence-corrected chi connectivity index (χ2v) is 4.86. The number of ether oxygens (including phenoxy) is 2. The Morgan fingerprint density at radius 2 is 2.15 bits per heavy atom. The van der Waals surface area contributed by atoms with Gasteiger partial charge in [0.2, 0.25) is 5.79 Å². The van der Waals surface area contributed by atoms with E-state index in [9.17, 15) is 9.90 Å². The second kappa shape index (κ2) is 5.40. The molecule has 2 rings (SSSR count). The Morgan fingerprint density at radius 1 is 1.40 bits per heavy atom. The van der Waals surface area contributed by atoms with E-state index in [0.717, 1.165) is 0 Å². The average molecular weight is 272 g/mol. The monoisotopic (exact) mass is 272 g/mol. The van der Waals surface area contributed by atoms with Gasteiger partial charge in [-0.05, 0) is 24.6 Å². The number of carbonyl (C=O) groups excluding carboxylic acids is 1. The minimum Gasteiger partial charge on any atom is -0.508 e. The van der Waals surface area contributed by atoms with Gasteiger partial charge < -0.3 is 14.6 Å². The number of allylic oxidation sites excluding steroid dienone is 1. The highest BCUT2D eigenvalue weighted by molar-refractivity contribution is 6.02. The minimum atomic E-state index is -0.926. The Labute approximate surface area is 118 Å². The predicted octanol–water partition coefficient (Wildman–Crippen LogP) is 2.48. The van der Waals surface area contributed by atoms with Crippen LogP contribution in [0.25, 0.3) is 5.57 Å². The van der Waals surface area contributed by atoms with Crippen LogP contribution in [0.2, 0.25) is 0 Å². The third-order valence-electron chi connectivity index (χ3n) is 2.84. The summed E-state index contributed by atoms with van der Waals surface area (Å²) in [5.41, 5.74) is 1.54. The van der Waals surface area contributed by atoms with E-state index in [1.54, 1.807) is 45.0 Å². The number of esters is 1. The molecule has 1 N–H and O–H groups in total. The van der Waals surface area contributed by atoms with Crippen molar-refractivity contribution >= 4 is 11.5 Å². The van der Waals surface area contributed by atoms with Gasteiger partial charge in [-0.25, -0.2) is 4.79 Å². The van der Waals surface area contributed by atoms with Crippen LogP contribution in [0.1, 0.15) is 26.3 Å². The maximum Gasteiger partial charge on any atom is 0.340 e. The number of aromatic hydroxyl groups is 1. The fourth-order valence-corrected chi connectivity index (χ4v) is 1.90. The van der Waals surface area contributed by atoms with Crippen molar-refractivity contribution in [1.29, 1.82) is 0 Å². The van der Waals surface area contributed by atoms with Crippen molar-refractivity contribution in [3.05, 3.63) is 35.4 Å². The van der Waals surface area contributed by atoms with Crippen LogP contribution in [0.15, 0.2) is 29.8 Å². The Morgan fingerprint density at radius 3 is 2.75 bits per heavy atom. The van der Waals surface area contributed by atoms with E-state index in [1.165, 1.54) is 0 Å². The number of benzene rings is 1. The lowest BCUT2D eigenvalue weighted by Crippen LogP contribution is -2.39. The van der Waals surface area contributed by atoms with Crippen LogP contribution >= 0.6 is 0 Å². The number of hydrogen-bond donors (Lipinski definition) is 1. The Balaban J connectivity index is 2.50. The van der Waals surface area contributed by atoms with Gasteiger partial charge in [0.15, 0.2) is 0 Å². The fourth-order valence-electron chi connectivity index (χ4n) is 1.90. The van der Waals surface area contributed by atoms with Crippen molar-refractivity contribution in [2.75, 3.05) is 6.61 Å². The molecule has 1 saturated heterocycles. The highest BCUT2D eigenvalue weighted by Gasteiger charge is 2.33. The summed E-state index contributed by atoms with van der Waals surface area (Å²) in [5.74, 6) is 4.41. The number of phenolic OH excluding ortho intramolecular Hbond substituents is 1. The van der Waals surface area contributed by atoms with E-state index in [4.69, 9.17) is 9.47 Å². The van der Waals surface area contributed by atoms with Crippen molar-refractivity contribution in [1.82, 2.24) is 0 Å². The van der Waals surface area contributed by atoms with E-state index in [1.807, 2.05) is 0 Å². The molecule has 1 fully saturated rings. The lowest BCUT2D eigenvalue weighted by Gasteiger charge is -2.31. The van der Waals surface area contributed by atoms with Gasteiger partial charge in [0, 0.05) is 19.4 Å². The molecule has 0 radical (unpaired) electrons. The summed E-state index contributed by atoms with van der Waals surface area (Å²) < 4.78 is 10.7. The molecule has 20 heavy (non-hydrogen) atoms. The molecule has 1 aromatic rings. The van der Waals surface area contributed by atoms with Gasteiger partial charge in [-0.15, -0.1) is 5.92 Å². The van der Waals surface area contributed by atoms with E-state index < -0.39 is 11.8 Å². The molecular weight excluding hydrogens is 256 g/mol. The molecular formula is C16H16O4. The van der Waals surface area contributed by atoms with Gasteiger partial charge in [0.25, 0.3) is 0 Å². The molecule has 1 heterocycles. The van der Waals surface area contributed by atoms with Crippen molar-refractivity contribution in [2.24, 2.45) is 0 Å². The summed E-state index contributed by atoms with van der Waals surface area (Å²) in [5, 5.41) is 9.56. The van der Waals surface area contributed by atoms with E-state index in [2.05, 4.69) is 11.8 Å². The SMILES string of the molecule is CC#CC(=C1COC(C)(C)OC1=O)c1cccc(O)c1. The van der Waals surface area contributed by atoms with Crippen molar-refractivity contribution in [3.8, 4) is 17.6 Å². The summed E-state index contributed by atoms with van der Waals surface area (Å²) >= 11 is 0. The van der Waals surface area contributed by atoms with Gasteiger partial charge in [-0.3, -0.25) is 0 Å². The molecule has 0 aliphatic carbocycles. The van der Waals surface area contributed by atoms with E-state index in [-0.39, 0.29) is 12.4 Å². The third kappa shape index (κ3) is 3.01. The first-order chi connectivity index (χ1) is 9.43. The molecule has 0 atom stereocenters. The van der Waals surface area contributed by atoms with Gasteiger partial charge in [-0.1, -0.05) is 18.1 Å². The molecule has 4 heteroatoms. The van der Waals surface area contributed by atoms with Gasteiger partial charge in [0.05, 0.1) is 12.2 Å². The molecule has 104 valence electrons. The number of cyclic esters (lactones) is 1. The molecule has 0 spiro atoms. The van der Waals surface area contributed by atoms with Gasteiger partial charge in [-0.2, -0.15) is 0 Å². The summed E-state index contributed by atoms with van der Waals surface area (Å²) in [4.78, 5) is 12.1. The number of carbonyl (C=O) groups is 1. The summed E-state index contributed by atoms with van der Waals surface area (Å²) in [6.07, 6.45) is 0. The Bertz CT molecular complexity index is 629. The largest absolute Gasteiger partial charge is 0.508 e. The summed E-state index contributed by atoms with van der Waals surface area (Å²) in [6, 6.07) is 6.59. The summed E-state index contributed by atoms with van der Waals surface area (Å²) in [7, 11) is 0. The normalized spacial score (nSPS) is 19.6. The van der Waals surface area contributed by atoms with Crippen LogP contribution in [0.3, 0.4) is 0 Å². The zero-order chi connectivity index (χ0) is 14.8. The molecule has 4 nitrogen and oxygen atoms in total. The molecule has 0 amide bonds. The van der Waals surface area contributed by atoms with E-state index in [0.29, 0.717) is 16.7 Å². The smallest absolute Gasteiger partial charge is 0.340 e. The first-order valence-corrected chi connectivity index (χ1v) is 6.25. The van der Waals surface area contributed by atoms with Gasteiger partial charge >= 0.3 is 5.97 Å². The van der Waals surface area contributed by atoms with Gasteiger partial charge in [0.1, 0.15) is 5.75 Å². The first kappa shape index (κ1) is 14.2. The standard InChI is InChI=1S/C16H16O4/c1-4-6-13(11-7-5-8-12(17)9-11)14-10-19-16(2,3)20-15(14)18/h5,7-9,17H,10H2,1-3H3. The van der Waals surface area contributed by atoms with Crippen LogP contribution in [0.4, 0.5) is 0 Å². The summed E-state index contributed by atoms with van der Waals surface area (Å²) in [6.45, 7) is 5.18. The van der Waals surface area contributed by atoms with Crippen LogP contribution in [0.5, 0.6) is 5.75 Å². The van der Waals surface area contributed by atoms with Crippen LogP contribution in [0, 0.1) is 11.8 Å². The lowest BCUT2D eigenvalue weighted by molar-refractivity contribution is -0.223. The maximum atomic E-state index is 12.1. The number of phenols is 1. The van der Waals surface area contributed by atoms with Crippen LogP contribution in [-0.4, -0.2) is 23.5 Å². The molecule has 1 aromatic carbocycles. The highest BCUT2D eigenvalue weighted by atomic mass is 16.7. The zero-order valence-corrected chi connectivity index (χ0v) is 11.7. The number of hydrogen-bond acceptors (Lipinski definition) is 4. The second-order valence-electron chi connectivity index (χ2n) is 4.86. The topological polar surface area (TPSA) is 55.8 Å². The van der Waals surface area contributed by atoms with Crippen molar-refractivity contribution in [2.45, 2.75) is 26.6 Å². The number of rotatable bonds is 1. The molecule has 1 aliphatic rings. The zero-order valence-electron chi connectivity index (χ0n) is 11.7. The maximum absolute atomic E-state index is 12.1. The average Bonchev–Trinajstić information content (AvgIpc) is 2.36. The predicted molar refractivity (Wildman–Crippen MR) is 74.6 cm³/mol. The van der Waals surface area contributed by atoms with Crippen LogP contribution in [-0.2, 0) is 14.3 Å². The van der Waals surface area contributed by atoms with Crippen molar-refractivity contribution < 1.29 is 19.4 Å². The molecule has 1 aliphatic heterocycles. The molecule has 0 aromatic heterocycles. The van der Waals surface area contributed by atoms with Crippen LogP contribution < -0.4 is 0 Å². The Hall–Kier alpha value is -2.25. The molecule has 0 bridgehead atoms. The fraction of sp³-hybridized carbons (Fsp3) is 0.312. The van der Waals surface area contributed by atoms with E-state index >= 15 is 0 Å². The Kier molecular flexibility index (Phi) is 3.82. The minimum absolute atomic E-state index is 0.115. The molecule has 0 unspecified atom stereocenters. The first-order valence-electron chi connectivity index (χ1n) is 6.25. The van der Waals surface area contributed by atoms with Crippen molar-refractivity contribution in [3.63, 3.8) is 0 Å². The third-order valence-corrected chi connectivity index (χ3v) is 2.84.